The topological polar surface area (TPSA) is 78.9 Å². The van der Waals surface area contributed by atoms with Gasteiger partial charge in [0, 0.05) is 39.0 Å². The van der Waals surface area contributed by atoms with Gasteiger partial charge in [-0.25, -0.2) is 4.98 Å². The Bertz CT molecular complexity index is 582. The van der Waals surface area contributed by atoms with E-state index in [-0.39, 0.29) is 0 Å². The Kier molecular flexibility index (Phi) is 5.26. The highest BCUT2D eigenvalue weighted by Gasteiger charge is 2.07. The lowest BCUT2D eigenvalue weighted by Crippen LogP contribution is -2.17. The van der Waals surface area contributed by atoms with E-state index < -0.39 is 0 Å². The number of hydrogen-bond acceptors (Lipinski definition) is 8. The standard InChI is InChI=1S/C13H21N7S/c1-5-14-11-17-12(19-13(18-11)20(3)4)15-7-6-10-8-21-9(2)16-10/h8H,5-7H2,1-4H3,(H2,14,15,17,18,19). The Morgan fingerprint density at radius 1 is 1.10 bits per heavy atom. The third-order valence-electron chi connectivity index (χ3n) is 2.69. The van der Waals surface area contributed by atoms with Crippen molar-refractivity contribution in [1.82, 2.24) is 19.9 Å². The Morgan fingerprint density at radius 2 is 1.81 bits per heavy atom. The summed E-state index contributed by atoms with van der Waals surface area (Å²) in [5.74, 6) is 1.80. The fourth-order valence-corrected chi connectivity index (χ4v) is 2.35. The van der Waals surface area contributed by atoms with E-state index in [1.54, 1.807) is 11.3 Å². The summed E-state index contributed by atoms with van der Waals surface area (Å²) in [5.41, 5.74) is 1.10. The molecule has 7 nitrogen and oxygen atoms in total. The monoisotopic (exact) mass is 307 g/mol. The molecule has 0 saturated carbocycles. The summed E-state index contributed by atoms with van der Waals surface area (Å²) in [4.78, 5) is 19.4. The van der Waals surface area contributed by atoms with Gasteiger partial charge in [0.15, 0.2) is 0 Å². The molecular weight excluding hydrogens is 286 g/mol. The number of nitrogens with one attached hydrogen (secondary N) is 2. The van der Waals surface area contributed by atoms with Crippen LogP contribution in [-0.4, -0.2) is 47.1 Å². The van der Waals surface area contributed by atoms with Crippen LogP contribution in [0, 0.1) is 6.92 Å². The van der Waals surface area contributed by atoms with Crippen molar-refractivity contribution in [3.8, 4) is 0 Å². The van der Waals surface area contributed by atoms with Gasteiger partial charge >= 0.3 is 0 Å². The van der Waals surface area contributed by atoms with Crippen LogP contribution in [0.1, 0.15) is 17.6 Å². The lowest BCUT2D eigenvalue weighted by Gasteiger charge is -2.13. The molecule has 0 unspecified atom stereocenters. The van der Waals surface area contributed by atoms with Gasteiger partial charge in [0.05, 0.1) is 10.7 Å². The fraction of sp³-hybridized carbons (Fsp3) is 0.538. The van der Waals surface area contributed by atoms with Crippen LogP contribution >= 0.6 is 11.3 Å². The first-order valence-electron chi connectivity index (χ1n) is 6.90. The highest BCUT2D eigenvalue weighted by molar-refractivity contribution is 7.09. The van der Waals surface area contributed by atoms with Gasteiger partial charge in [-0.2, -0.15) is 15.0 Å². The molecule has 0 spiro atoms. The van der Waals surface area contributed by atoms with Crippen LogP contribution in [0.15, 0.2) is 5.38 Å². The molecule has 0 fully saturated rings. The van der Waals surface area contributed by atoms with E-state index in [0.717, 1.165) is 30.2 Å². The summed E-state index contributed by atoms with van der Waals surface area (Å²) < 4.78 is 0. The Morgan fingerprint density at radius 3 is 2.38 bits per heavy atom. The first-order valence-corrected chi connectivity index (χ1v) is 7.78. The van der Waals surface area contributed by atoms with E-state index in [9.17, 15) is 0 Å². The number of aryl methyl sites for hydroxylation is 1. The van der Waals surface area contributed by atoms with Gasteiger partial charge in [0.25, 0.3) is 0 Å². The summed E-state index contributed by atoms with van der Waals surface area (Å²) in [7, 11) is 3.82. The van der Waals surface area contributed by atoms with Crippen molar-refractivity contribution in [2.24, 2.45) is 0 Å². The predicted molar refractivity (Wildman–Crippen MR) is 87.4 cm³/mol. The van der Waals surface area contributed by atoms with E-state index in [2.05, 4.69) is 35.9 Å². The molecule has 0 aromatic carbocycles. The predicted octanol–water partition coefficient (Wildman–Crippen LogP) is 1.79. The van der Waals surface area contributed by atoms with Crippen molar-refractivity contribution in [1.29, 1.82) is 0 Å². The van der Waals surface area contributed by atoms with Gasteiger partial charge in [-0.05, 0) is 13.8 Å². The zero-order chi connectivity index (χ0) is 15.2. The molecule has 0 radical (unpaired) electrons. The number of aromatic nitrogens is 4. The Balaban J connectivity index is 2.00. The molecule has 2 heterocycles. The second-order valence-electron chi connectivity index (χ2n) is 4.74. The van der Waals surface area contributed by atoms with E-state index in [1.165, 1.54) is 0 Å². The van der Waals surface area contributed by atoms with Crippen LogP contribution in [0.2, 0.25) is 0 Å². The second kappa shape index (κ2) is 7.16. The first kappa shape index (κ1) is 15.4. The van der Waals surface area contributed by atoms with Gasteiger partial charge in [0.2, 0.25) is 17.8 Å². The third kappa shape index (κ3) is 4.52. The van der Waals surface area contributed by atoms with E-state index in [0.29, 0.717) is 17.8 Å². The first-order chi connectivity index (χ1) is 10.1. The summed E-state index contributed by atoms with van der Waals surface area (Å²) in [6.07, 6.45) is 0.851. The normalized spacial score (nSPS) is 10.5. The zero-order valence-electron chi connectivity index (χ0n) is 12.8. The maximum Gasteiger partial charge on any atom is 0.231 e. The molecule has 0 aliphatic heterocycles. The summed E-state index contributed by atoms with van der Waals surface area (Å²) >= 11 is 1.67. The van der Waals surface area contributed by atoms with E-state index >= 15 is 0 Å². The van der Waals surface area contributed by atoms with Crippen molar-refractivity contribution in [2.75, 3.05) is 42.7 Å². The molecule has 2 aromatic heterocycles. The van der Waals surface area contributed by atoms with Gasteiger partial charge in [-0.1, -0.05) is 0 Å². The molecule has 0 amide bonds. The molecule has 2 rings (SSSR count). The largest absolute Gasteiger partial charge is 0.354 e. The number of thiazole rings is 1. The van der Waals surface area contributed by atoms with Gasteiger partial charge in [0.1, 0.15) is 0 Å². The molecule has 0 saturated heterocycles. The maximum absolute atomic E-state index is 4.44. The highest BCUT2D eigenvalue weighted by atomic mass is 32.1. The average molecular weight is 307 g/mol. The second-order valence-corrected chi connectivity index (χ2v) is 5.80. The van der Waals surface area contributed by atoms with Crippen LogP contribution < -0.4 is 15.5 Å². The maximum atomic E-state index is 4.44. The quantitative estimate of drug-likeness (QED) is 0.807. The number of rotatable bonds is 7. The number of nitrogens with zero attached hydrogens (tertiary/aromatic N) is 5. The molecule has 0 bridgehead atoms. The fourth-order valence-electron chi connectivity index (χ4n) is 1.71. The van der Waals surface area contributed by atoms with E-state index in [1.807, 2.05) is 32.8 Å². The molecule has 0 aliphatic carbocycles. The Labute approximate surface area is 128 Å². The van der Waals surface area contributed by atoms with E-state index in [4.69, 9.17) is 0 Å². The van der Waals surface area contributed by atoms with Crippen LogP contribution in [0.3, 0.4) is 0 Å². The smallest absolute Gasteiger partial charge is 0.231 e. The minimum Gasteiger partial charge on any atom is -0.354 e. The molecular formula is C13H21N7S. The minimum atomic E-state index is 0.580. The van der Waals surface area contributed by atoms with Crippen LogP contribution in [0.4, 0.5) is 17.8 Å². The molecule has 2 aromatic rings. The number of hydrogen-bond donors (Lipinski definition) is 2. The highest BCUT2D eigenvalue weighted by Crippen LogP contribution is 2.12. The third-order valence-corrected chi connectivity index (χ3v) is 3.51. The molecule has 114 valence electrons. The van der Waals surface area contributed by atoms with Crippen LogP contribution in [0.25, 0.3) is 0 Å². The SMILES string of the molecule is CCNc1nc(NCCc2csc(C)n2)nc(N(C)C)n1. The van der Waals surface area contributed by atoms with Crippen LogP contribution in [0.5, 0.6) is 0 Å². The molecule has 2 N–H and O–H groups in total. The van der Waals surface area contributed by atoms with Crippen molar-refractivity contribution in [3.63, 3.8) is 0 Å². The summed E-state index contributed by atoms with van der Waals surface area (Å²) in [5, 5.41) is 9.52. The number of anilines is 3. The average Bonchev–Trinajstić information content (AvgIpc) is 2.84. The lowest BCUT2D eigenvalue weighted by molar-refractivity contribution is 0.913. The Hall–Kier alpha value is -1.96. The lowest BCUT2D eigenvalue weighted by atomic mass is 10.3. The van der Waals surface area contributed by atoms with Crippen molar-refractivity contribution in [2.45, 2.75) is 20.3 Å². The van der Waals surface area contributed by atoms with Crippen molar-refractivity contribution < 1.29 is 0 Å². The minimum absolute atomic E-state index is 0.580. The van der Waals surface area contributed by atoms with Gasteiger partial charge in [-0.15, -0.1) is 11.3 Å². The molecule has 0 atom stereocenters. The van der Waals surface area contributed by atoms with Crippen molar-refractivity contribution in [3.05, 3.63) is 16.1 Å². The zero-order valence-corrected chi connectivity index (χ0v) is 13.7. The summed E-state index contributed by atoms with van der Waals surface area (Å²) in [6, 6.07) is 0. The molecule has 8 heteroatoms. The molecule has 0 aliphatic rings. The van der Waals surface area contributed by atoms with Crippen molar-refractivity contribution >= 4 is 29.2 Å². The van der Waals surface area contributed by atoms with Gasteiger partial charge < -0.3 is 15.5 Å². The van der Waals surface area contributed by atoms with Crippen LogP contribution in [-0.2, 0) is 6.42 Å². The summed E-state index contributed by atoms with van der Waals surface area (Å²) in [6.45, 7) is 5.54. The van der Waals surface area contributed by atoms with Gasteiger partial charge in [-0.3, -0.25) is 0 Å². The molecule has 21 heavy (non-hydrogen) atoms.